The van der Waals surface area contributed by atoms with Crippen molar-refractivity contribution in [2.45, 2.75) is 57.3 Å². The number of hydrogen-bond donors (Lipinski definition) is 1. The predicted molar refractivity (Wildman–Crippen MR) is 133 cm³/mol. The molecule has 0 bridgehead atoms. The van der Waals surface area contributed by atoms with Gasteiger partial charge in [-0.05, 0) is 56.0 Å². The molecule has 0 saturated heterocycles. The molecule has 2 atom stereocenters. The Morgan fingerprint density at radius 2 is 1.74 bits per heavy atom. The third-order valence-electron chi connectivity index (χ3n) is 6.39. The quantitative estimate of drug-likeness (QED) is 0.297. The van der Waals surface area contributed by atoms with E-state index in [0.717, 1.165) is 24.8 Å². The Hall–Kier alpha value is -3.73. The molecular weight excluding hydrogens is 503 g/mol. The Morgan fingerprint density at radius 1 is 1.05 bits per heavy atom. The second kappa shape index (κ2) is 12.2. The number of carbonyl (C=O) groups excluding carboxylic acids is 4. The summed E-state index contributed by atoms with van der Waals surface area (Å²) >= 11 is 0. The fraction of sp³-hybridized carbons (Fsp3) is 0.407. The summed E-state index contributed by atoms with van der Waals surface area (Å²) in [4.78, 5) is 53.6. The Bertz CT molecular complexity index is 1190. The van der Waals surface area contributed by atoms with E-state index < -0.39 is 48.4 Å². The number of halogens is 3. The van der Waals surface area contributed by atoms with Crippen LogP contribution >= 0.6 is 0 Å². The summed E-state index contributed by atoms with van der Waals surface area (Å²) in [6.07, 6.45) is -2.76. The molecule has 3 rings (SSSR count). The summed E-state index contributed by atoms with van der Waals surface area (Å²) in [5.74, 6) is -5.14. The largest absolute Gasteiger partial charge is 0.491 e. The Kier molecular flexibility index (Phi) is 9.26. The molecule has 1 heterocycles. The van der Waals surface area contributed by atoms with Crippen molar-refractivity contribution >= 4 is 29.4 Å². The minimum Gasteiger partial charge on any atom is -0.386 e. The zero-order valence-corrected chi connectivity index (χ0v) is 21.2. The highest BCUT2D eigenvalue weighted by molar-refractivity contribution is 6.11. The van der Waals surface area contributed by atoms with Crippen molar-refractivity contribution in [3.05, 3.63) is 65.2 Å². The van der Waals surface area contributed by atoms with Crippen LogP contribution in [0.4, 0.5) is 18.9 Å². The van der Waals surface area contributed by atoms with E-state index in [1.54, 1.807) is 42.5 Å². The van der Waals surface area contributed by atoms with Gasteiger partial charge in [0.2, 0.25) is 0 Å². The molecule has 8 nitrogen and oxygen atoms in total. The second-order valence-corrected chi connectivity index (χ2v) is 9.19. The van der Waals surface area contributed by atoms with Crippen LogP contribution in [0.2, 0.25) is 0 Å². The van der Waals surface area contributed by atoms with Crippen molar-refractivity contribution in [3.8, 4) is 0 Å². The van der Waals surface area contributed by atoms with Crippen LogP contribution in [0.15, 0.2) is 48.5 Å². The van der Waals surface area contributed by atoms with Crippen LogP contribution in [0.25, 0.3) is 0 Å². The maximum absolute atomic E-state index is 14.0. The molecule has 1 aliphatic rings. The number of fused-ring (bicyclic) bond motifs is 1. The van der Waals surface area contributed by atoms with Crippen molar-refractivity contribution in [1.29, 1.82) is 0 Å². The van der Waals surface area contributed by atoms with Crippen LogP contribution in [0, 0.1) is 0 Å². The standard InChI is InChI=1S/C27H30F3N3O5/c1-17(15-22(34)38-26(37)27(28,29)30)33-23(19-10-6-3-7-11-19)25(36)32(2)21-13-12-18(9-5-4-8-14-31)16-20(21)24(33)35/h3,6-7,10-13,16-17,23H,4-5,8-9,14-15,31H2,1-2H3. The Balaban J connectivity index is 2.00. The van der Waals surface area contributed by atoms with Crippen molar-refractivity contribution in [3.63, 3.8) is 0 Å². The number of anilines is 1. The van der Waals surface area contributed by atoms with E-state index >= 15 is 0 Å². The number of aryl methyl sites for hydroxylation is 1. The number of hydrogen-bond acceptors (Lipinski definition) is 6. The molecule has 2 aromatic rings. The van der Waals surface area contributed by atoms with Gasteiger partial charge in [-0.2, -0.15) is 13.2 Å². The van der Waals surface area contributed by atoms with Gasteiger partial charge in [-0.25, -0.2) is 4.79 Å². The van der Waals surface area contributed by atoms with E-state index in [1.807, 2.05) is 6.07 Å². The number of nitrogens with zero attached hydrogens (tertiary/aromatic N) is 2. The van der Waals surface area contributed by atoms with Crippen LogP contribution in [0.3, 0.4) is 0 Å². The third kappa shape index (κ3) is 6.58. The molecule has 2 aromatic carbocycles. The lowest BCUT2D eigenvalue weighted by Gasteiger charge is -2.34. The molecule has 0 aromatic heterocycles. The number of benzene rings is 2. The minimum atomic E-state index is -5.35. The Morgan fingerprint density at radius 3 is 2.37 bits per heavy atom. The number of carbonyl (C=O) groups is 4. The smallest absolute Gasteiger partial charge is 0.386 e. The summed E-state index contributed by atoms with van der Waals surface area (Å²) < 4.78 is 41.7. The van der Waals surface area contributed by atoms with Crippen LogP contribution < -0.4 is 10.6 Å². The number of rotatable bonds is 9. The van der Waals surface area contributed by atoms with Gasteiger partial charge in [0.25, 0.3) is 11.8 Å². The van der Waals surface area contributed by atoms with E-state index in [-0.39, 0.29) is 5.56 Å². The van der Waals surface area contributed by atoms with Gasteiger partial charge in [-0.1, -0.05) is 42.8 Å². The van der Waals surface area contributed by atoms with Gasteiger partial charge in [0.1, 0.15) is 6.04 Å². The van der Waals surface area contributed by atoms with Crippen LogP contribution in [-0.2, 0) is 25.5 Å². The summed E-state index contributed by atoms with van der Waals surface area (Å²) in [7, 11) is 1.54. The van der Waals surface area contributed by atoms with Gasteiger partial charge in [0, 0.05) is 13.1 Å². The third-order valence-corrected chi connectivity index (χ3v) is 6.39. The van der Waals surface area contributed by atoms with E-state index in [2.05, 4.69) is 4.74 Å². The normalized spacial score (nSPS) is 16.6. The molecule has 1 aliphatic heterocycles. The minimum absolute atomic E-state index is 0.224. The number of ether oxygens (including phenoxy) is 1. The summed E-state index contributed by atoms with van der Waals surface area (Å²) in [5, 5.41) is 0. The molecule has 204 valence electrons. The monoisotopic (exact) mass is 533 g/mol. The number of likely N-dealkylation sites (N-methyl/N-ethyl adjacent to an activating group) is 1. The van der Waals surface area contributed by atoms with Gasteiger partial charge in [0.15, 0.2) is 0 Å². The van der Waals surface area contributed by atoms with Crippen LogP contribution in [0.5, 0.6) is 0 Å². The highest BCUT2D eigenvalue weighted by Gasteiger charge is 2.44. The van der Waals surface area contributed by atoms with Crippen molar-refractivity contribution in [1.82, 2.24) is 4.90 Å². The van der Waals surface area contributed by atoms with Gasteiger partial charge in [0.05, 0.1) is 17.7 Å². The fourth-order valence-corrected chi connectivity index (χ4v) is 4.47. The summed E-state index contributed by atoms with van der Waals surface area (Å²) in [6.45, 7) is 2.00. The lowest BCUT2D eigenvalue weighted by atomic mass is 10.00. The number of amides is 2. The molecule has 2 unspecified atom stereocenters. The Labute approximate surface area is 218 Å². The molecule has 0 fully saturated rings. The summed E-state index contributed by atoms with van der Waals surface area (Å²) in [6, 6.07) is 11.4. The average Bonchev–Trinajstić information content (AvgIpc) is 2.95. The molecule has 11 heteroatoms. The first-order chi connectivity index (χ1) is 18.0. The average molecular weight is 534 g/mol. The van der Waals surface area contributed by atoms with Gasteiger partial charge in [-0.15, -0.1) is 0 Å². The van der Waals surface area contributed by atoms with E-state index in [9.17, 15) is 32.3 Å². The fourth-order valence-electron chi connectivity index (χ4n) is 4.47. The lowest BCUT2D eigenvalue weighted by molar-refractivity contribution is -0.202. The molecular formula is C27H30F3N3O5. The molecule has 0 saturated carbocycles. The topological polar surface area (TPSA) is 110 Å². The zero-order valence-electron chi connectivity index (χ0n) is 21.2. The van der Waals surface area contributed by atoms with Crippen molar-refractivity contribution in [2.75, 3.05) is 18.5 Å². The van der Waals surface area contributed by atoms with Gasteiger partial charge < -0.3 is 20.3 Å². The van der Waals surface area contributed by atoms with Gasteiger partial charge in [-0.3, -0.25) is 14.4 Å². The molecule has 2 amide bonds. The highest BCUT2D eigenvalue weighted by Crippen LogP contribution is 2.36. The first-order valence-corrected chi connectivity index (χ1v) is 12.3. The number of nitrogens with two attached hydrogens (primary N) is 1. The van der Waals surface area contributed by atoms with Gasteiger partial charge >= 0.3 is 18.1 Å². The van der Waals surface area contributed by atoms with E-state index in [1.165, 1.54) is 23.8 Å². The van der Waals surface area contributed by atoms with Crippen LogP contribution in [0.1, 0.15) is 60.1 Å². The highest BCUT2D eigenvalue weighted by atomic mass is 19.4. The molecule has 2 N–H and O–H groups in total. The predicted octanol–water partition coefficient (Wildman–Crippen LogP) is 3.93. The zero-order chi connectivity index (χ0) is 28.0. The number of alkyl halides is 3. The second-order valence-electron chi connectivity index (χ2n) is 9.19. The summed E-state index contributed by atoms with van der Waals surface area (Å²) in [5.41, 5.74) is 7.48. The van der Waals surface area contributed by atoms with Crippen molar-refractivity contribution in [2.24, 2.45) is 5.73 Å². The van der Waals surface area contributed by atoms with Crippen LogP contribution in [-0.4, -0.2) is 54.5 Å². The number of esters is 2. The maximum atomic E-state index is 14.0. The molecule has 0 aliphatic carbocycles. The van der Waals surface area contributed by atoms with E-state index in [0.29, 0.717) is 24.2 Å². The molecule has 0 spiro atoms. The molecule has 38 heavy (non-hydrogen) atoms. The first kappa shape index (κ1) is 28.8. The first-order valence-electron chi connectivity index (χ1n) is 12.3. The van der Waals surface area contributed by atoms with E-state index in [4.69, 9.17) is 5.73 Å². The van der Waals surface area contributed by atoms with Crippen molar-refractivity contribution < 1.29 is 37.1 Å². The lowest BCUT2D eigenvalue weighted by Crippen LogP contribution is -2.46. The molecule has 0 radical (unpaired) electrons. The number of unbranched alkanes of at least 4 members (excludes halogenated alkanes) is 2. The SMILES string of the molecule is CC(CC(=O)OC(=O)C(F)(F)F)N1C(=O)c2cc(CCCCCN)ccc2N(C)C(=O)C1c1ccccc1. The maximum Gasteiger partial charge on any atom is 0.491 e.